The fourth-order valence-corrected chi connectivity index (χ4v) is 2.23. The zero-order valence-electron chi connectivity index (χ0n) is 11.3. The third-order valence-corrected chi connectivity index (χ3v) is 3.66. The number of hydrogen-bond acceptors (Lipinski definition) is 3. The minimum atomic E-state index is -0.415. The van der Waals surface area contributed by atoms with Crippen LogP contribution in [-0.4, -0.2) is 22.9 Å². The number of aliphatic hydroxyl groups is 1. The lowest BCUT2D eigenvalue weighted by Crippen LogP contribution is -2.28. The van der Waals surface area contributed by atoms with Gasteiger partial charge in [0.1, 0.15) is 5.60 Å². The van der Waals surface area contributed by atoms with Crippen LogP contribution in [0.25, 0.3) is 0 Å². The van der Waals surface area contributed by atoms with E-state index in [9.17, 15) is 5.11 Å². The fourth-order valence-electron chi connectivity index (χ4n) is 2.23. The standard InChI is InChI=1S/C15H22O3/c1-11(2)4-6-13(16)15(3)14(18-15)7-5-12-8-9-17-10-12/h4,8-10,13-14,16H,5-7H2,1-3H3. The molecule has 2 rings (SSSR count). The quantitative estimate of drug-likeness (QED) is 0.623. The lowest BCUT2D eigenvalue weighted by atomic mass is 9.94. The van der Waals surface area contributed by atoms with Gasteiger partial charge < -0.3 is 14.3 Å². The largest absolute Gasteiger partial charge is 0.472 e. The van der Waals surface area contributed by atoms with E-state index in [1.807, 2.05) is 26.8 Å². The van der Waals surface area contributed by atoms with Crippen molar-refractivity contribution in [1.82, 2.24) is 0 Å². The Morgan fingerprint density at radius 2 is 2.33 bits per heavy atom. The van der Waals surface area contributed by atoms with Crippen LogP contribution in [-0.2, 0) is 11.2 Å². The molecule has 0 radical (unpaired) electrons. The SMILES string of the molecule is CC(C)=CCC(O)C1(C)OC1CCc1ccoc1. The molecular formula is C15H22O3. The van der Waals surface area contributed by atoms with Crippen molar-refractivity contribution in [2.24, 2.45) is 0 Å². The lowest BCUT2D eigenvalue weighted by molar-refractivity contribution is 0.0872. The average molecular weight is 250 g/mol. The van der Waals surface area contributed by atoms with Gasteiger partial charge in [-0.3, -0.25) is 0 Å². The summed E-state index contributed by atoms with van der Waals surface area (Å²) < 4.78 is 10.7. The van der Waals surface area contributed by atoms with Crippen LogP contribution in [0.1, 0.15) is 39.2 Å². The molecule has 2 heterocycles. The topological polar surface area (TPSA) is 45.9 Å². The van der Waals surface area contributed by atoms with Gasteiger partial charge in [0.05, 0.1) is 24.7 Å². The predicted octanol–water partition coefficient (Wildman–Crippen LogP) is 3.09. The lowest BCUT2D eigenvalue weighted by Gasteiger charge is -2.13. The molecule has 1 N–H and O–H groups in total. The van der Waals surface area contributed by atoms with E-state index in [1.165, 1.54) is 11.1 Å². The summed E-state index contributed by atoms with van der Waals surface area (Å²) in [7, 11) is 0. The Labute approximate surface area is 108 Å². The Morgan fingerprint density at radius 1 is 1.56 bits per heavy atom. The molecule has 0 bridgehead atoms. The fraction of sp³-hybridized carbons (Fsp3) is 0.600. The molecule has 3 atom stereocenters. The van der Waals surface area contributed by atoms with Crippen molar-refractivity contribution >= 4 is 0 Å². The van der Waals surface area contributed by atoms with Gasteiger partial charge in [-0.2, -0.15) is 0 Å². The number of aliphatic hydroxyl groups excluding tert-OH is 1. The van der Waals surface area contributed by atoms with Crippen molar-refractivity contribution in [2.75, 3.05) is 0 Å². The molecule has 1 aliphatic heterocycles. The van der Waals surface area contributed by atoms with Crippen molar-refractivity contribution in [1.29, 1.82) is 0 Å². The number of ether oxygens (including phenoxy) is 1. The molecule has 3 unspecified atom stereocenters. The highest BCUT2D eigenvalue weighted by molar-refractivity contribution is 5.11. The van der Waals surface area contributed by atoms with E-state index in [4.69, 9.17) is 9.15 Å². The van der Waals surface area contributed by atoms with Crippen molar-refractivity contribution in [3.8, 4) is 0 Å². The molecule has 1 aromatic heterocycles. The summed E-state index contributed by atoms with van der Waals surface area (Å²) in [6.45, 7) is 6.08. The second kappa shape index (κ2) is 5.29. The van der Waals surface area contributed by atoms with Gasteiger partial charge in [-0.05, 0) is 51.7 Å². The normalized spacial score (nSPS) is 27.9. The van der Waals surface area contributed by atoms with Gasteiger partial charge in [-0.1, -0.05) is 11.6 Å². The van der Waals surface area contributed by atoms with Crippen LogP contribution in [0.5, 0.6) is 0 Å². The van der Waals surface area contributed by atoms with Gasteiger partial charge in [0.2, 0.25) is 0 Å². The van der Waals surface area contributed by atoms with E-state index >= 15 is 0 Å². The Balaban J connectivity index is 1.79. The maximum absolute atomic E-state index is 10.1. The highest BCUT2D eigenvalue weighted by Crippen LogP contribution is 2.43. The summed E-state index contributed by atoms with van der Waals surface area (Å²) in [4.78, 5) is 0. The van der Waals surface area contributed by atoms with Crippen molar-refractivity contribution < 1.29 is 14.3 Å². The highest BCUT2D eigenvalue weighted by atomic mass is 16.6. The number of epoxide rings is 1. The van der Waals surface area contributed by atoms with Gasteiger partial charge >= 0.3 is 0 Å². The molecule has 100 valence electrons. The molecule has 0 amide bonds. The number of rotatable bonds is 6. The van der Waals surface area contributed by atoms with E-state index in [-0.39, 0.29) is 11.7 Å². The summed E-state index contributed by atoms with van der Waals surface area (Å²) in [5.41, 5.74) is 2.05. The Hall–Kier alpha value is -1.06. The second-order valence-corrected chi connectivity index (χ2v) is 5.49. The number of hydrogen-bond donors (Lipinski definition) is 1. The van der Waals surface area contributed by atoms with Crippen LogP contribution in [0.4, 0.5) is 0 Å². The van der Waals surface area contributed by atoms with E-state index in [0.717, 1.165) is 12.8 Å². The first-order valence-electron chi connectivity index (χ1n) is 6.52. The maximum Gasteiger partial charge on any atom is 0.118 e. The molecule has 0 saturated carbocycles. The van der Waals surface area contributed by atoms with Crippen molar-refractivity contribution in [3.05, 3.63) is 35.8 Å². The van der Waals surface area contributed by atoms with Gasteiger partial charge in [-0.15, -0.1) is 0 Å². The third-order valence-electron chi connectivity index (χ3n) is 3.66. The van der Waals surface area contributed by atoms with Gasteiger partial charge in [-0.25, -0.2) is 0 Å². The monoisotopic (exact) mass is 250 g/mol. The predicted molar refractivity (Wildman–Crippen MR) is 70.4 cm³/mol. The number of furan rings is 1. The van der Waals surface area contributed by atoms with Crippen molar-refractivity contribution in [3.63, 3.8) is 0 Å². The second-order valence-electron chi connectivity index (χ2n) is 5.49. The van der Waals surface area contributed by atoms with Crippen LogP contribution < -0.4 is 0 Å². The molecule has 1 fully saturated rings. The van der Waals surface area contributed by atoms with E-state index in [1.54, 1.807) is 12.5 Å². The molecule has 0 aromatic carbocycles. The molecule has 18 heavy (non-hydrogen) atoms. The summed E-state index contributed by atoms with van der Waals surface area (Å²) in [5, 5.41) is 10.1. The van der Waals surface area contributed by atoms with Crippen molar-refractivity contribution in [2.45, 2.75) is 57.8 Å². The van der Waals surface area contributed by atoms with E-state index in [0.29, 0.717) is 6.42 Å². The smallest absolute Gasteiger partial charge is 0.118 e. The van der Waals surface area contributed by atoms with Crippen LogP contribution in [0.2, 0.25) is 0 Å². The van der Waals surface area contributed by atoms with Gasteiger partial charge in [0.15, 0.2) is 0 Å². The zero-order chi connectivity index (χ0) is 13.2. The van der Waals surface area contributed by atoms with Crippen LogP contribution >= 0.6 is 0 Å². The van der Waals surface area contributed by atoms with Gasteiger partial charge in [0.25, 0.3) is 0 Å². The molecule has 0 aliphatic carbocycles. The minimum Gasteiger partial charge on any atom is -0.472 e. The summed E-state index contributed by atoms with van der Waals surface area (Å²) >= 11 is 0. The highest BCUT2D eigenvalue weighted by Gasteiger charge is 2.56. The Bertz CT molecular complexity index is 403. The Morgan fingerprint density at radius 3 is 2.94 bits per heavy atom. The first kappa shape index (κ1) is 13.4. The molecule has 1 aromatic rings. The van der Waals surface area contributed by atoms with E-state index < -0.39 is 6.10 Å². The molecule has 3 nitrogen and oxygen atoms in total. The van der Waals surface area contributed by atoms with Crippen LogP contribution in [0.15, 0.2) is 34.7 Å². The summed E-state index contributed by atoms with van der Waals surface area (Å²) in [5.74, 6) is 0. The number of aryl methyl sites for hydroxylation is 1. The first-order chi connectivity index (χ1) is 8.52. The first-order valence-corrected chi connectivity index (χ1v) is 6.52. The van der Waals surface area contributed by atoms with Crippen LogP contribution in [0, 0.1) is 0 Å². The third kappa shape index (κ3) is 3.03. The minimum absolute atomic E-state index is 0.160. The molecule has 3 heteroatoms. The maximum atomic E-state index is 10.1. The van der Waals surface area contributed by atoms with E-state index in [2.05, 4.69) is 6.08 Å². The summed E-state index contributed by atoms with van der Waals surface area (Å²) in [6, 6.07) is 1.97. The molecular weight excluding hydrogens is 228 g/mol. The number of allylic oxidation sites excluding steroid dienone is 1. The molecule has 1 aliphatic rings. The van der Waals surface area contributed by atoms with Gasteiger partial charge in [0, 0.05) is 0 Å². The molecule has 0 spiro atoms. The zero-order valence-corrected chi connectivity index (χ0v) is 11.3. The average Bonchev–Trinajstić information content (AvgIpc) is 2.78. The van der Waals surface area contributed by atoms with Crippen LogP contribution in [0.3, 0.4) is 0 Å². The Kier molecular flexibility index (Phi) is 3.93. The summed E-state index contributed by atoms with van der Waals surface area (Å²) in [6.07, 6.45) is 7.79. The molecule has 1 saturated heterocycles.